The van der Waals surface area contributed by atoms with Gasteiger partial charge < -0.3 is 0 Å². The Kier molecular flexibility index (Phi) is 4.57. The maximum atomic E-state index is 9.40. The third kappa shape index (κ3) is 2.95. The van der Waals surface area contributed by atoms with Gasteiger partial charge in [0.2, 0.25) is 0 Å². The lowest BCUT2D eigenvalue weighted by molar-refractivity contribution is 0.794. The Morgan fingerprint density at radius 3 is 1.41 bits per heavy atom. The van der Waals surface area contributed by atoms with Gasteiger partial charge in [0.15, 0.2) is 0 Å². The molecule has 0 heterocycles. The number of rotatable bonds is 2. The summed E-state index contributed by atoms with van der Waals surface area (Å²) in [7, 11) is 0. The van der Waals surface area contributed by atoms with E-state index < -0.39 is 0 Å². The first kappa shape index (κ1) is 21.9. The summed E-state index contributed by atoms with van der Waals surface area (Å²) in [4.78, 5) is 0. The normalized spacial score (nSPS) is 13.3. The molecule has 0 saturated heterocycles. The molecule has 39 heavy (non-hydrogen) atoms. The van der Waals surface area contributed by atoms with E-state index in [0.717, 1.165) is 11.1 Å². The fraction of sp³-hybridized carbons (Fsp3) is 0.0263. The van der Waals surface area contributed by atoms with Crippen molar-refractivity contribution >= 4 is 0 Å². The van der Waals surface area contributed by atoms with Crippen LogP contribution in [-0.2, 0) is 5.41 Å². The van der Waals surface area contributed by atoms with E-state index in [9.17, 15) is 5.26 Å². The van der Waals surface area contributed by atoms with Crippen molar-refractivity contribution in [3.63, 3.8) is 0 Å². The van der Waals surface area contributed by atoms with E-state index in [1.165, 1.54) is 55.6 Å². The van der Waals surface area contributed by atoms with Crippen LogP contribution in [0.4, 0.5) is 0 Å². The van der Waals surface area contributed by atoms with Gasteiger partial charge in [0.1, 0.15) is 0 Å². The van der Waals surface area contributed by atoms with Crippen LogP contribution in [-0.4, -0.2) is 0 Å². The average Bonchev–Trinajstić information content (AvgIpc) is 3.48. The fourth-order valence-corrected chi connectivity index (χ4v) is 6.92. The van der Waals surface area contributed by atoms with E-state index in [0.29, 0.717) is 5.56 Å². The number of fused-ring (bicyclic) bond motifs is 10. The molecule has 0 saturated carbocycles. The van der Waals surface area contributed by atoms with Crippen LogP contribution in [0.3, 0.4) is 0 Å². The van der Waals surface area contributed by atoms with Crippen LogP contribution in [0.1, 0.15) is 27.8 Å². The van der Waals surface area contributed by atoms with Gasteiger partial charge in [0, 0.05) is 0 Å². The second-order valence-electron chi connectivity index (χ2n) is 10.4. The highest BCUT2D eigenvalue weighted by atomic mass is 14.5. The maximum absolute atomic E-state index is 9.40. The van der Waals surface area contributed by atoms with Crippen molar-refractivity contribution in [1.82, 2.24) is 0 Å². The quantitative estimate of drug-likeness (QED) is 0.235. The second-order valence-corrected chi connectivity index (χ2v) is 10.4. The second kappa shape index (κ2) is 8.15. The van der Waals surface area contributed by atoms with Crippen LogP contribution in [0.25, 0.3) is 44.5 Å². The Balaban J connectivity index is 1.38. The molecule has 0 atom stereocenters. The van der Waals surface area contributed by atoms with Gasteiger partial charge in [-0.05, 0) is 91.0 Å². The minimum atomic E-state index is -0.339. The Hall–Kier alpha value is -5.19. The Morgan fingerprint density at radius 1 is 0.385 bits per heavy atom. The van der Waals surface area contributed by atoms with Crippen molar-refractivity contribution in [3.05, 3.63) is 167 Å². The van der Waals surface area contributed by atoms with Gasteiger partial charge in [0.25, 0.3) is 0 Å². The molecule has 2 aliphatic rings. The molecular weight excluding hydrogens is 470 g/mol. The van der Waals surface area contributed by atoms with E-state index >= 15 is 0 Å². The summed E-state index contributed by atoms with van der Waals surface area (Å²) in [5.74, 6) is 0. The van der Waals surface area contributed by atoms with Crippen molar-refractivity contribution in [2.75, 3.05) is 0 Å². The Labute approximate surface area is 228 Å². The number of benzene rings is 6. The molecule has 6 aromatic carbocycles. The monoisotopic (exact) mass is 493 g/mol. The highest BCUT2D eigenvalue weighted by Gasteiger charge is 2.51. The molecule has 1 heteroatoms. The smallest absolute Gasteiger partial charge is 0.0991 e. The van der Waals surface area contributed by atoms with Crippen molar-refractivity contribution < 1.29 is 0 Å². The van der Waals surface area contributed by atoms with Crippen molar-refractivity contribution in [2.24, 2.45) is 0 Å². The molecule has 8 rings (SSSR count). The summed E-state index contributed by atoms with van der Waals surface area (Å²) in [6.45, 7) is 0. The van der Waals surface area contributed by atoms with Crippen molar-refractivity contribution in [2.45, 2.75) is 5.41 Å². The van der Waals surface area contributed by atoms with Gasteiger partial charge in [-0.1, -0.05) is 115 Å². The predicted octanol–water partition coefficient (Wildman–Crippen LogP) is 9.24. The molecule has 180 valence electrons. The third-order valence-corrected chi connectivity index (χ3v) is 8.52. The van der Waals surface area contributed by atoms with Gasteiger partial charge in [-0.3, -0.25) is 0 Å². The fourth-order valence-electron chi connectivity index (χ4n) is 6.92. The van der Waals surface area contributed by atoms with Crippen molar-refractivity contribution in [3.8, 4) is 50.6 Å². The molecule has 0 amide bonds. The van der Waals surface area contributed by atoms with Crippen LogP contribution in [0.2, 0.25) is 0 Å². The summed E-state index contributed by atoms with van der Waals surface area (Å²) in [5.41, 5.74) is 15.5. The van der Waals surface area contributed by atoms with E-state index in [1.807, 2.05) is 18.2 Å². The summed E-state index contributed by atoms with van der Waals surface area (Å²) in [5, 5.41) is 9.40. The lowest BCUT2D eigenvalue weighted by Gasteiger charge is -2.30. The van der Waals surface area contributed by atoms with Crippen LogP contribution < -0.4 is 0 Å². The number of hydrogen-bond donors (Lipinski definition) is 0. The van der Waals surface area contributed by atoms with Gasteiger partial charge >= 0.3 is 0 Å². The molecule has 2 aliphatic carbocycles. The van der Waals surface area contributed by atoms with E-state index in [1.54, 1.807) is 0 Å². The molecule has 0 aliphatic heterocycles. The number of nitrogens with zero attached hydrogens (tertiary/aromatic N) is 1. The first-order valence-electron chi connectivity index (χ1n) is 13.3. The van der Waals surface area contributed by atoms with Gasteiger partial charge in [-0.25, -0.2) is 0 Å². The summed E-state index contributed by atoms with van der Waals surface area (Å²) >= 11 is 0. The Morgan fingerprint density at radius 2 is 0.846 bits per heavy atom. The van der Waals surface area contributed by atoms with Crippen molar-refractivity contribution in [1.29, 1.82) is 5.26 Å². The molecule has 1 nitrogen and oxygen atoms in total. The standard InChI is InChI=1S/C38H23N/c39-24-25-9-7-10-26(21-25)27-11-8-12-28(22-27)29-19-20-33-32-15-3-6-18-36(32)38(37(33)23-29)34-16-4-1-13-30(34)31-14-2-5-17-35(31)38/h1-23H. The molecule has 0 N–H and O–H groups in total. The number of nitriles is 1. The first-order valence-corrected chi connectivity index (χ1v) is 13.3. The lowest BCUT2D eigenvalue weighted by atomic mass is 9.70. The highest BCUT2D eigenvalue weighted by Crippen LogP contribution is 2.62. The zero-order valence-corrected chi connectivity index (χ0v) is 21.2. The lowest BCUT2D eigenvalue weighted by Crippen LogP contribution is -2.25. The van der Waals surface area contributed by atoms with E-state index in [2.05, 4.69) is 127 Å². The average molecular weight is 494 g/mol. The summed E-state index contributed by atoms with van der Waals surface area (Å²) < 4.78 is 0. The first-order chi connectivity index (χ1) is 19.3. The molecular formula is C38H23N. The van der Waals surface area contributed by atoms with Crippen LogP contribution in [0.5, 0.6) is 0 Å². The van der Waals surface area contributed by atoms with Crippen LogP contribution in [0.15, 0.2) is 140 Å². The summed E-state index contributed by atoms with van der Waals surface area (Å²) in [6, 6.07) is 52.5. The minimum Gasteiger partial charge on any atom is -0.192 e. The third-order valence-electron chi connectivity index (χ3n) is 8.52. The van der Waals surface area contributed by atoms with E-state index in [4.69, 9.17) is 0 Å². The maximum Gasteiger partial charge on any atom is 0.0991 e. The van der Waals surface area contributed by atoms with E-state index in [-0.39, 0.29) is 5.41 Å². The minimum absolute atomic E-state index is 0.339. The SMILES string of the molecule is N#Cc1cccc(-c2cccc(-c3ccc4c(c3)C3(c5ccccc5-c5ccccc53)c3ccccc3-4)c2)c1. The predicted molar refractivity (Wildman–Crippen MR) is 158 cm³/mol. The molecule has 0 bridgehead atoms. The molecule has 6 aromatic rings. The Bertz CT molecular complexity index is 1920. The largest absolute Gasteiger partial charge is 0.192 e. The molecule has 0 aromatic heterocycles. The van der Waals surface area contributed by atoms with Gasteiger partial charge in [0.05, 0.1) is 17.0 Å². The topological polar surface area (TPSA) is 23.8 Å². The highest BCUT2D eigenvalue weighted by molar-refractivity contribution is 5.96. The van der Waals surface area contributed by atoms with Gasteiger partial charge in [-0.2, -0.15) is 5.26 Å². The zero-order valence-electron chi connectivity index (χ0n) is 21.2. The van der Waals surface area contributed by atoms with Crippen LogP contribution in [0, 0.1) is 11.3 Å². The number of hydrogen-bond acceptors (Lipinski definition) is 1. The molecule has 0 radical (unpaired) electrons. The molecule has 0 fully saturated rings. The molecule has 0 unspecified atom stereocenters. The van der Waals surface area contributed by atoms with Gasteiger partial charge in [-0.15, -0.1) is 0 Å². The zero-order chi connectivity index (χ0) is 26.0. The molecule has 1 spiro atoms. The van der Waals surface area contributed by atoms with Crippen LogP contribution >= 0.6 is 0 Å². The summed E-state index contributed by atoms with van der Waals surface area (Å²) in [6.07, 6.45) is 0.